The van der Waals surface area contributed by atoms with E-state index in [4.69, 9.17) is 0 Å². The second kappa shape index (κ2) is 4.85. The average molecular weight is 286 g/mol. The summed E-state index contributed by atoms with van der Waals surface area (Å²) in [5, 5.41) is 18.8. The molecule has 0 saturated carbocycles. The van der Waals surface area contributed by atoms with Crippen LogP contribution in [-0.2, 0) is 13.6 Å². The highest BCUT2D eigenvalue weighted by Crippen LogP contribution is 2.24. The van der Waals surface area contributed by atoms with Crippen molar-refractivity contribution in [3.8, 4) is 17.1 Å². The quantitative estimate of drug-likeness (QED) is 0.783. The van der Waals surface area contributed by atoms with Gasteiger partial charge in [0.05, 0.1) is 36.6 Å². The summed E-state index contributed by atoms with van der Waals surface area (Å²) in [5.74, 6) is 0. The van der Waals surface area contributed by atoms with E-state index in [1.54, 1.807) is 41.9 Å². The van der Waals surface area contributed by atoms with Crippen LogP contribution in [-0.4, -0.2) is 39.8 Å². The van der Waals surface area contributed by atoms with Crippen LogP contribution < -0.4 is 0 Å². The van der Waals surface area contributed by atoms with Gasteiger partial charge in [0.1, 0.15) is 11.4 Å². The number of aromatic nitrogens is 6. The summed E-state index contributed by atoms with van der Waals surface area (Å²) >= 11 is 0. The molecule has 0 bridgehead atoms. The molecule has 0 amide bonds. The SMILES string of the molecule is Cn1cncc1-c1nn(CC(C)(C)O)cc1-n1cccn1. The number of aliphatic hydroxyl groups is 1. The Labute approximate surface area is 122 Å². The van der Waals surface area contributed by atoms with Crippen molar-refractivity contribution in [2.45, 2.75) is 26.0 Å². The molecule has 1 N–H and O–H groups in total. The summed E-state index contributed by atoms with van der Waals surface area (Å²) in [6.07, 6.45) is 8.97. The molecule has 3 heterocycles. The van der Waals surface area contributed by atoms with Gasteiger partial charge in [-0.25, -0.2) is 9.67 Å². The number of hydrogen-bond donors (Lipinski definition) is 1. The van der Waals surface area contributed by atoms with E-state index >= 15 is 0 Å². The molecule has 0 aliphatic carbocycles. The van der Waals surface area contributed by atoms with Crippen molar-refractivity contribution < 1.29 is 5.11 Å². The first kappa shape index (κ1) is 13.6. The molecule has 0 aromatic carbocycles. The first-order valence-electron chi connectivity index (χ1n) is 6.70. The molecular weight excluding hydrogens is 268 g/mol. The monoisotopic (exact) mass is 286 g/mol. The van der Waals surface area contributed by atoms with Crippen molar-refractivity contribution in [2.24, 2.45) is 7.05 Å². The third kappa shape index (κ3) is 2.73. The second-order valence-corrected chi connectivity index (χ2v) is 5.71. The fourth-order valence-electron chi connectivity index (χ4n) is 2.24. The summed E-state index contributed by atoms with van der Waals surface area (Å²) in [7, 11) is 1.92. The highest BCUT2D eigenvalue weighted by atomic mass is 16.3. The van der Waals surface area contributed by atoms with E-state index in [2.05, 4.69) is 15.2 Å². The Morgan fingerprint density at radius 1 is 1.33 bits per heavy atom. The minimum atomic E-state index is -0.836. The molecule has 0 aliphatic heterocycles. The zero-order valence-corrected chi connectivity index (χ0v) is 12.3. The summed E-state index contributed by atoms with van der Waals surface area (Å²) in [6.45, 7) is 3.91. The first-order valence-corrected chi connectivity index (χ1v) is 6.70. The maximum Gasteiger partial charge on any atom is 0.136 e. The highest BCUT2D eigenvalue weighted by molar-refractivity contribution is 5.64. The largest absolute Gasteiger partial charge is 0.389 e. The van der Waals surface area contributed by atoms with Crippen LogP contribution in [0.25, 0.3) is 17.1 Å². The van der Waals surface area contributed by atoms with Gasteiger partial charge in [-0.1, -0.05) is 0 Å². The zero-order valence-electron chi connectivity index (χ0n) is 12.3. The van der Waals surface area contributed by atoms with Crippen molar-refractivity contribution >= 4 is 0 Å². The topological polar surface area (TPSA) is 73.7 Å². The number of imidazole rings is 1. The summed E-state index contributed by atoms with van der Waals surface area (Å²) < 4.78 is 5.40. The Bertz CT molecular complexity index is 732. The lowest BCUT2D eigenvalue weighted by Crippen LogP contribution is -2.26. The number of nitrogens with zero attached hydrogens (tertiary/aromatic N) is 6. The smallest absolute Gasteiger partial charge is 0.136 e. The maximum absolute atomic E-state index is 9.99. The fraction of sp³-hybridized carbons (Fsp3) is 0.357. The third-order valence-corrected chi connectivity index (χ3v) is 3.10. The minimum Gasteiger partial charge on any atom is -0.389 e. The van der Waals surface area contributed by atoms with E-state index in [1.807, 2.05) is 30.1 Å². The van der Waals surface area contributed by atoms with E-state index < -0.39 is 5.60 Å². The van der Waals surface area contributed by atoms with Gasteiger partial charge < -0.3 is 9.67 Å². The Balaban J connectivity index is 2.11. The molecular formula is C14H18N6O. The van der Waals surface area contributed by atoms with Gasteiger partial charge in [-0.05, 0) is 19.9 Å². The Morgan fingerprint density at radius 2 is 2.14 bits per heavy atom. The molecule has 0 atom stereocenters. The molecule has 3 rings (SSSR count). The molecule has 0 aliphatic rings. The molecule has 0 unspecified atom stereocenters. The lowest BCUT2D eigenvalue weighted by molar-refractivity contribution is 0.0578. The van der Waals surface area contributed by atoms with Crippen LogP contribution >= 0.6 is 0 Å². The molecule has 0 saturated heterocycles. The fourth-order valence-corrected chi connectivity index (χ4v) is 2.24. The number of hydrogen-bond acceptors (Lipinski definition) is 4. The molecule has 0 radical (unpaired) electrons. The molecule has 21 heavy (non-hydrogen) atoms. The lowest BCUT2D eigenvalue weighted by atomic mass is 10.1. The van der Waals surface area contributed by atoms with Crippen LogP contribution in [0.15, 0.2) is 37.2 Å². The predicted molar refractivity (Wildman–Crippen MR) is 77.8 cm³/mol. The molecule has 3 aromatic heterocycles. The van der Waals surface area contributed by atoms with Crippen molar-refractivity contribution in [1.82, 2.24) is 29.1 Å². The lowest BCUT2D eigenvalue weighted by Gasteiger charge is -2.16. The highest BCUT2D eigenvalue weighted by Gasteiger charge is 2.20. The molecule has 7 heteroatoms. The summed E-state index contributed by atoms with van der Waals surface area (Å²) in [5.41, 5.74) is 1.70. The van der Waals surface area contributed by atoms with Crippen molar-refractivity contribution in [3.05, 3.63) is 37.2 Å². The molecule has 0 fully saturated rings. The molecule has 3 aromatic rings. The van der Waals surface area contributed by atoms with Crippen LogP contribution in [0.4, 0.5) is 0 Å². The Hall–Kier alpha value is -2.41. The molecule has 0 spiro atoms. The van der Waals surface area contributed by atoms with Gasteiger partial charge in [-0.15, -0.1) is 0 Å². The van der Waals surface area contributed by atoms with Gasteiger partial charge in [0.25, 0.3) is 0 Å². The van der Waals surface area contributed by atoms with E-state index in [0.29, 0.717) is 6.54 Å². The number of rotatable bonds is 4. The third-order valence-electron chi connectivity index (χ3n) is 3.10. The van der Waals surface area contributed by atoms with E-state index in [1.165, 1.54) is 0 Å². The van der Waals surface area contributed by atoms with Gasteiger partial charge in [0, 0.05) is 19.4 Å². The second-order valence-electron chi connectivity index (χ2n) is 5.71. The molecule has 7 nitrogen and oxygen atoms in total. The summed E-state index contributed by atoms with van der Waals surface area (Å²) in [6, 6.07) is 1.86. The van der Waals surface area contributed by atoms with Gasteiger partial charge >= 0.3 is 0 Å². The maximum atomic E-state index is 9.99. The predicted octanol–water partition coefficient (Wildman–Crippen LogP) is 1.24. The van der Waals surface area contributed by atoms with E-state index in [-0.39, 0.29) is 0 Å². The number of aryl methyl sites for hydroxylation is 1. The van der Waals surface area contributed by atoms with E-state index in [9.17, 15) is 5.11 Å². The standard InChI is InChI=1S/C14H18N6O/c1-14(2,21)9-19-8-12(20-6-4-5-16-20)13(17-19)11-7-15-10-18(11)3/h4-8,10,21H,9H2,1-3H3. The van der Waals surface area contributed by atoms with Crippen LogP contribution in [0.3, 0.4) is 0 Å². The van der Waals surface area contributed by atoms with Gasteiger partial charge in [0.2, 0.25) is 0 Å². The van der Waals surface area contributed by atoms with Crippen molar-refractivity contribution in [2.75, 3.05) is 0 Å². The zero-order chi connectivity index (χ0) is 15.0. The average Bonchev–Trinajstić information content (AvgIpc) is 3.06. The van der Waals surface area contributed by atoms with Crippen molar-refractivity contribution in [3.63, 3.8) is 0 Å². The van der Waals surface area contributed by atoms with Crippen LogP contribution in [0.2, 0.25) is 0 Å². The van der Waals surface area contributed by atoms with Gasteiger partial charge in [-0.3, -0.25) is 4.68 Å². The van der Waals surface area contributed by atoms with Gasteiger partial charge in [0.15, 0.2) is 0 Å². The first-order chi connectivity index (χ1) is 9.94. The summed E-state index contributed by atoms with van der Waals surface area (Å²) in [4.78, 5) is 4.14. The van der Waals surface area contributed by atoms with E-state index in [0.717, 1.165) is 17.1 Å². The Morgan fingerprint density at radius 3 is 2.71 bits per heavy atom. The van der Waals surface area contributed by atoms with Crippen LogP contribution in [0.1, 0.15) is 13.8 Å². The Kier molecular flexibility index (Phi) is 3.13. The molecule has 110 valence electrons. The minimum absolute atomic E-state index is 0.402. The van der Waals surface area contributed by atoms with Crippen LogP contribution in [0.5, 0.6) is 0 Å². The van der Waals surface area contributed by atoms with Crippen LogP contribution in [0, 0.1) is 0 Å². The normalized spacial score (nSPS) is 12.0. The van der Waals surface area contributed by atoms with Crippen molar-refractivity contribution in [1.29, 1.82) is 0 Å². The van der Waals surface area contributed by atoms with Gasteiger partial charge in [-0.2, -0.15) is 10.2 Å².